The van der Waals surface area contributed by atoms with Crippen molar-refractivity contribution in [1.29, 1.82) is 0 Å². The number of fused-ring (bicyclic) bond motifs is 3. The largest absolute Gasteiger partial charge is 0.497 e. The molecule has 2 heterocycles. The van der Waals surface area contributed by atoms with Crippen molar-refractivity contribution in [3.63, 3.8) is 0 Å². The van der Waals surface area contributed by atoms with E-state index in [-0.39, 0.29) is 6.42 Å². The Bertz CT molecular complexity index is 1310. The number of methoxy groups -OCH3 is 1. The monoisotopic (exact) mass is 426 g/mol. The van der Waals surface area contributed by atoms with Gasteiger partial charge >= 0.3 is 11.6 Å². The fourth-order valence-corrected chi connectivity index (χ4v) is 3.97. The third-order valence-corrected chi connectivity index (χ3v) is 5.29. The number of furan rings is 1. The highest BCUT2D eigenvalue weighted by Gasteiger charge is 2.24. The first-order valence-electron chi connectivity index (χ1n) is 9.49. The molecule has 0 saturated heterocycles. The van der Waals surface area contributed by atoms with Crippen LogP contribution in [0.25, 0.3) is 33.3 Å². The summed E-state index contributed by atoms with van der Waals surface area (Å²) >= 11 is 6.52. The zero-order valence-corrected chi connectivity index (χ0v) is 17.2. The smallest absolute Gasteiger partial charge is 0.336 e. The van der Waals surface area contributed by atoms with Gasteiger partial charge in [0.15, 0.2) is 5.58 Å². The maximum absolute atomic E-state index is 12.2. The number of carbonyl (C=O) groups is 1. The average molecular weight is 427 g/mol. The second kappa shape index (κ2) is 7.88. The number of carboxylic acid groups (broad SMARTS) is 1. The van der Waals surface area contributed by atoms with E-state index >= 15 is 0 Å². The zero-order valence-electron chi connectivity index (χ0n) is 16.5. The lowest BCUT2D eigenvalue weighted by Gasteiger charge is -2.07. The van der Waals surface area contributed by atoms with E-state index in [2.05, 4.69) is 0 Å². The van der Waals surface area contributed by atoms with Crippen molar-refractivity contribution < 1.29 is 23.5 Å². The van der Waals surface area contributed by atoms with E-state index in [1.807, 2.05) is 6.92 Å². The fourth-order valence-electron chi connectivity index (χ4n) is 3.73. The SMILES string of the molecule is CCCc1cc(=O)oc2c1cc(Cl)c1oc(-c3ccc(OC)cc3)c(CC(=O)O)c12. The van der Waals surface area contributed by atoms with Crippen molar-refractivity contribution in [1.82, 2.24) is 0 Å². The maximum Gasteiger partial charge on any atom is 0.336 e. The lowest BCUT2D eigenvalue weighted by Crippen LogP contribution is -2.03. The molecule has 154 valence electrons. The van der Waals surface area contributed by atoms with E-state index in [0.29, 0.717) is 56.0 Å². The summed E-state index contributed by atoms with van der Waals surface area (Å²) in [5.41, 5.74) is 1.98. The molecule has 0 amide bonds. The van der Waals surface area contributed by atoms with Gasteiger partial charge in [0.05, 0.1) is 23.9 Å². The highest BCUT2D eigenvalue weighted by Crippen LogP contribution is 2.42. The molecule has 6 nitrogen and oxygen atoms in total. The average Bonchev–Trinajstić information content (AvgIpc) is 3.09. The Hall–Kier alpha value is -3.25. The van der Waals surface area contributed by atoms with Crippen molar-refractivity contribution in [2.24, 2.45) is 0 Å². The van der Waals surface area contributed by atoms with Gasteiger partial charge in [-0.3, -0.25) is 4.79 Å². The normalized spacial score (nSPS) is 11.3. The molecule has 2 aromatic heterocycles. The van der Waals surface area contributed by atoms with Crippen LogP contribution in [0.15, 0.2) is 50.0 Å². The topological polar surface area (TPSA) is 89.9 Å². The molecule has 1 N–H and O–H groups in total. The van der Waals surface area contributed by atoms with Gasteiger partial charge in [-0.15, -0.1) is 0 Å². The van der Waals surface area contributed by atoms with Crippen LogP contribution in [-0.4, -0.2) is 18.2 Å². The van der Waals surface area contributed by atoms with Crippen LogP contribution in [0, 0.1) is 0 Å². The summed E-state index contributed by atoms with van der Waals surface area (Å²) in [4.78, 5) is 23.9. The summed E-state index contributed by atoms with van der Waals surface area (Å²) in [6.07, 6.45) is 1.19. The Labute approximate surface area is 176 Å². The summed E-state index contributed by atoms with van der Waals surface area (Å²) in [5.74, 6) is -0.00558. The Morgan fingerprint density at radius 2 is 1.87 bits per heavy atom. The molecule has 0 spiro atoms. The van der Waals surface area contributed by atoms with Gasteiger partial charge in [-0.1, -0.05) is 24.9 Å². The van der Waals surface area contributed by atoms with Crippen molar-refractivity contribution in [2.75, 3.05) is 7.11 Å². The van der Waals surface area contributed by atoms with Crippen molar-refractivity contribution in [3.05, 3.63) is 63.0 Å². The van der Waals surface area contributed by atoms with Gasteiger partial charge in [0.1, 0.15) is 17.1 Å². The molecule has 0 bridgehead atoms. The number of benzene rings is 2. The molecule has 0 unspecified atom stereocenters. The molecule has 4 rings (SSSR count). The van der Waals surface area contributed by atoms with Crippen LogP contribution in [0.4, 0.5) is 0 Å². The number of carboxylic acids is 1. The van der Waals surface area contributed by atoms with Crippen LogP contribution in [0.3, 0.4) is 0 Å². The zero-order chi connectivity index (χ0) is 21.4. The van der Waals surface area contributed by atoms with Crippen LogP contribution in [0.2, 0.25) is 5.02 Å². The highest BCUT2D eigenvalue weighted by atomic mass is 35.5. The van der Waals surface area contributed by atoms with E-state index in [1.165, 1.54) is 6.07 Å². The van der Waals surface area contributed by atoms with Gasteiger partial charge < -0.3 is 18.7 Å². The molecule has 30 heavy (non-hydrogen) atoms. The Morgan fingerprint density at radius 3 is 2.50 bits per heavy atom. The molecule has 7 heteroatoms. The third kappa shape index (κ3) is 3.44. The number of aryl methyl sites for hydroxylation is 1. The maximum atomic E-state index is 12.2. The minimum atomic E-state index is -1.03. The minimum absolute atomic E-state index is 0.294. The van der Waals surface area contributed by atoms with Crippen molar-refractivity contribution >= 4 is 39.5 Å². The fraction of sp³-hybridized carbons (Fsp3) is 0.217. The highest BCUT2D eigenvalue weighted by molar-refractivity contribution is 6.37. The molecule has 0 fully saturated rings. The van der Waals surface area contributed by atoms with Crippen LogP contribution < -0.4 is 10.4 Å². The molecule has 0 aliphatic rings. The molecular weight excluding hydrogens is 408 g/mol. The van der Waals surface area contributed by atoms with E-state index in [4.69, 9.17) is 25.2 Å². The van der Waals surface area contributed by atoms with Gasteiger partial charge in [0.2, 0.25) is 0 Å². The van der Waals surface area contributed by atoms with E-state index in [9.17, 15) is 14.7 Å². The summed E-state index contributed by atoms with van der Waals surface area (Å²) in [6.45, 7) is 2.01. The Morgan fingerprint density at radius 1 is 1.13 bits per heavy atom. The summed E-state index contributed by atoms with van der Waals surface area (Å²) < 4.78 is 16.8. The number of halogens is 1. The van der Waals surface area contributed by atoms with E-state index in [1.54, 1.807) is 37.4 Å². The summed E-state index contributed by atoms with van der Waals surface area (Å²) in [6, 6.07) is 10.2. The van der Waals surface area contributed by atoms with E-state index < -0.39 is 11.6 Å². The molecule has 4 aromatic rings. The minimum Gasteiger partial charge on any atom is -0.497 e. The first-order chi connectivity index (χ1) is 14.4. The van der Waals surface area contributed by atoms with Crippen molar-refractivity contribution in [2.45, 2.75) is 26.2 Å². The summed E-state index contributed by atoms with van der Waals surface area (Å²) in [7, 11) is 1.56. The molecule has 0 aliphatic heterocycles. The lowest BCUT2D eigenvalue weighted by molar-refractivity contribution is -0.136. The molecule has 0 atom stereocenters. The van der Waals surface area contributed by atoms with Crippen molar-refractivity contribution in [3.8, 4) is 17.1 Å². The van der Waals surface area contributed by atoms with Crippen LogP contribution in [-0.2, 0) is 17.6 Å². The standard InChI is InChI=1S/C23H19ClO6/c1-3-4-13-9-19(27)29-22-15(13)10-17(24)23-20(22)16(11-18(25)26)21(30-23)12-5-7-14(28-2)8-6-12/h5-10H,3-4,11H2,1-2H3,(H,25,26). The molecular formula is C23H19ClO6. The third-order valence-electron chi connectivity index (χ3n) is 5.01. The molecule has 2 aromatic carbocycles. The second-order valence-corrected chi connectivity index (χ2v) is 7.40. The number of ether oxygens (including phenoxy) is 1. The molecule has 0 aliphatic carbocycles. The van der Waals surface area contributed by atoms with Crippen LogP contribution in [0.5, 0.6) is 5.75 Å². The van der Waals surface area contributed by atoms with Crippen LogP contribution in [0.1, 0.15) is 24.5 Å². The first-order valence-corrected chi connectivity index (χ1v) is 9.87. The first kappa shape index (κ1) is 20.0. The number of rotatable bonds is 6. The van der Waals surface area contributed by atoms with Gasteiger partial charge in [-0.2, -0.15) is 0 Å². The number of hydrogen-bond donors (Lipinski definition) is 1. The van der Waals surface area contributed by atoms with Crippen LogP contribution >= 0.6 is 11.6 Å². The van der Waals surface area contributed by atoms with E-state index in [0.717, 1.165) is 12.0 Å². The Balaban J connectivity index is 2.11. The predicted molar refractivity (Wildman–Crippen MR) is 115 cm³/mol. The number of hydrogen-bond acceptors (Lipinski definition) is 5. The van der Waals surface area contributed by atoms with Gasteiger partial charge in [0, 0.05) is 22.6 Å². The predicted octanol–water partition coefficient (Wildman–Crippen LogP) is 5.45. The molecule has 0 saturated carbocycles. The van der Waals surface area contributed by atoms with Gasteiger partial charge in [0.25, 0.3) is 0 Å². The van der Waals surface area contributed by atoms with Gasteiger partial charge in [-0.05, 0) is 42.3 Å². The quantitative estimate of drug-likeness (QED) is 0.412. The summed E-state index contributed by atoms with van der Waals surface area (Å²) in [5, 5.41) is 11.0. The lowest BCUT2D eigenvalue weighted by atomic mass is 9.99. The second-order valence-electron chi connectivity index (χ2n) is 6.99. The molecule has 0 radical (unpaired) electrons. The van der Waals surface area contributed by atoms with Gasteiger partial charge in [-0.25, -0.2) is 4.79 Å². The Kier molecular flexibility index (Phi) is 5.26. The number of aliphatic carboxylic acids is 1.